The number of nitrogens with zero attached hydrogens (tertiary/aromatic N) is 3. The molecule has 2 aliphatic heterocycles. The summed E-state index contributed by atoms with van der Waals surface area (Å²) in [5.41, 5.74) is 2.56. The lowest BCUT2D eigenvalue weighted by atomic mass is 10.1. The minimum atomic E-state index is -0.116. The SMILES string of the molecule is Cl.O=C(NC1CCN(c2ncccc2Cl)C1)c1n[nH]c2c1CNCC2. The van der Waals surface area contributed by atoms with Gasteiger partial charge in [-0.3, -0.25) is 9.89 Å². The Kier molecular flexibility index (Phi) is 5.46. The number of carbonyl (C=O) groups is 1. The van der Waals surface area contributed by atoms with Crippen LogP contribution in [0.1, 0.15) is 28.2 Å². The molecule has 1 atom stereocenters. The number of aromatic amines is 1. The minimum absolute atomic E-state index is 0. The van der Waals surface area contributed by atoms with Crippen molar-refractivity contribution in [1.82, 2.24) is 25.8 Å². The predicted octanol–water partition coefficient (Wildman–Crippen LogP) is 1.53. The molecule has 1 unspecified atom stereocenters. The first-order chi connectivity index (χ1) is 11.7. The van der Waals surface area contributed by atoms with Crippen LogP contribution in [-0.2, 0) is 13.0 Å². The van der Waals surface area contributed by atoms with Gasteiger partial charge >= 0.3 is 0 Å². The second kappa shape index (κ2) is 7.59. The number of aromatic nitrogens is 3. The lowest BCUT2D eigenvalue weighted by Crippen LogP contribution is -2.38. The number of rotatable bonds is 3. The highest BCUT2D eigenvalue weighted by Crippen LogP contribution is 2.26. The minimum Gasteiger partial charge on any atom is -0.353 e. The van der Waals surface area contributed by atoms with Crippen LogP contribution in [-0.4, -0.2) is 46.8 Å². The second-order valence-corrected chi connectivity index (χ2v) is 6.58. The van der Waals surface area contributed by atoms with Gasteiger partial charge < -0.3 is 15.5 Å². The van der Waals surface area contributed by atoms with Crippen LogP contribution in [0, 0.1) is 0 Å². The molecule has 0 bridgehead atoms. The summed E-state index contributed by atoms with van der Waals surface area (Å²) in [4.78, 5) is 19.0. The van der Waals surface area contributed by atoms with Crippen molar-refractivity contribution in [2.24, 2.45) is 0 Å². The first kappa shape index (κ1) is 18.0. The Morgan fingerprint density at radius 2 is 2.32 bits per heavy atom. The summed E-state index contributed by atoms with van der Waals surface area (Å²) < 4.78 is 0. The third-order valence-electron chi connectivity index (χ3n) is 4.58. The molecule has 2 aliphatic rings. The Bertz CT molecular complexity index is 765. The van der Waals surface area contributed by atoms with Gasteiger partial charge in [-0.15, -0.1) is 12.4 Å². The molecule has 1 amide bonds. The summed E-state index contributed by atoms with van der Waals surface area (Å²) in [6, 6.07) is 3.72. The largest absolute Gasteiger partial charge is 0.353 e. The number of nitrogens with one attached hydrogen (secondary N) is 3. The van der Waals surface area contributed by atoms with Crippen molar-refractivity contribution in [3.8, 4) is 0 Å². The van der Waals surface area contributed by atoms with E-state index in [1.807, 2.05) is 12.1 Å². The van der Waals surface area contributed by atoms with E-state index in [1.54, 1.807) is 6.20 Å². The highest BCUT2D eigenvalue weighted by atomic mass is 35.5. The van der Waals surface area contributed by atoms with Crippen LogP contribution >= 0.6 is 24.0 Å². The van der Waals surface area contributed by atoms with Crippen molar-refractivity contribution in [2.45, 2.75) is 25.4 Å². The van der Waals surface area contributed by atoms with Gasteiger partial charge in [0.2, 0.25) is 0 Å². The molecule has 1 fully saturated rings. The van der Waals surface area contributed by atoms with Gasteiger partial charge in [-0.25, -0.2) is 4.98 Å². The number of amides is 1. The van der Waals surface area contributed by atoms with Crippen LogP contribution in [0.3, 0.4) is 0 Å². The fourth-order valence-electron chi connectivity index (χ4n) is 3.35. The molecule has 0 radical (unpaired) electrons. The summed E-state index contributed by atoms with van der Waals surface area (Å²) in [6.45, 7) is 3.13. The first-order valence-electron chi connectivity index (χ1n) is 8.15. The van der Waals surface area contributed by atoms with E-state index >= 15 is 0 Å². The second-order valence-electron chi connectivity index (χ2n) is 6.17. The number of halogens is 2. The molecule has 4 rings (SSSR count). The highest BCUT2D eigenvalue weighted by molar-refractivity contribution is 6.32. The number of hydrogen-bond acceptors (Lipinski definition) is 5. The van der Waals surface area contributed by atoms with Crippen molar-refractivity contribution in [2.75, 3.05) is 24.5 Å². The number of hydrogen-bond donors (Lipinski definition) is 3. The molecule has 9 heteroatoms. The van der Waals surface area contributed by atoms with Crippen molar-refractivity contribution < 1.29 is 4.79 Å². The number of fused-ring (bicyclic) bond motifs is 1. The zero-order chi connectivity index (χ0) is 16.5. The highest BCUT2D eigenvalue weighted by Gasteiger charge is 2.28. The fourth-order valence-corrected chi connectivity index (χ4v) is 3.59. The van der Waals surface area contributed by atoms with Gasteiger partial charge in [-0.1, -0.05) is 11.6 Å². The molecule has 0 saturated carbocycles. The van der Waals surface area contributed by atoms with Crippen LogP contribution < -0.4 is 15.5 Å². The van der Waals surface area contributed by atoms with Gasteiger partial charge in [-0.2, -0.15) is 5.10 Å². The van der Waals surface area contributed by atoms with Gasteiger partial charge in [0.1, 0.15) is 5.82 Å². The zero-order valence-electron chi connectivity index (χ0n) is 13.6. The maximum atomic E-state index is 12.6. The van der Waals surface area contributed by atoms with E-state index in [-0.39, 0.29) is 24.4 Å². The van der Waals surface area contributed by atoms with E-state index in [4.69, 9.17) is 11.6 Å². The molecule has 2 aromatic heterocycles. The van der Waals surface area contributed by atoms with E-state index in [0.29, 0.717) is 23.8 Å². The summed E-state index contributed by atoms with van der Waals surface area (Å²) >= 11 is 6.21. The molecule has 1 saturated heterocycles. The molecule has 3 N–H and O–H groups in total. The number of pyridine rings is 1. The van der Waals surface area contributed by atoms with Crippen LogP contribution in [0.4, 0.5) is 5.82 Å². The third-order valence-corrected chi connectivity index (χ3v) is 4.88. The smallest absolute Gasteiger partial charge is 0.272 e. The van der Waals surface area contributed by atoms with Gasteiger partial charge in [0.25, 0.3) is 5.91 Å². The summed E-state index contributed by atoms with van der Waals surface area (Å²) in [5, 5.41) is 14.2. The molecule has 7 nitrogen and oxygen atoms in total. The maximum absolute atomic E-state index is 12.6. The normalized spacial score (nSPS) is 19.2. The molecular formula is C16H20Cl2N6O. The topological polar surface area (TPSA) is 85.9 Å². The Labute approximate surface area is 156 Å². The van der Waals surface area contributed by atoms with Crippen molar-refractivity contribution in [3.05, 3.63) is 40.3 Å². The van der Waals surface area contributed by atoms with E-state index in [0.717, 1.165) is 43.0 Å². The van der Waals surface area contributed by atoms with Gasteiger partial charge in [-0.05, 0) is 18.6 Å². The number of anilines is 1. The Morgan fingerprint density at radius 3 is 3.16 bits per heavy atom. The molecule has 0 aliphatic carbocycles. The Hall–Kier alpha value is -1.83. The number of carbonyl (C=O) groups excluding carboxylic acids is 1. The molecule has 25 heavy (non-hydrogen) atoms. The van der Waals surface area contributed by atoms with Crippen molar-refractivity contribution >= 4 is 35.7 Å². The lowest BCUT2D eigenvalue weighted by molar-refractivity contribution is 0.0934. The van der Waals surface area contributed by atoms with E-state index in [9.17, 15) is 4.79 Å². The third kappa shape index (κ3) is 3.58. The summed E-state index contributed by atoms with van der Waals surface area (Å²) in [6.07, 6.45) is 3.48. The zero-order valence-corrected chi connectivity index (χ0v) is 15.2. The predicted molar refractivity (Wildman–Crippen MR) is 98.6 cm³/mol. The molecule has 0 aromatic carbocycles. The fraction of sp³-hybridized carbons (Fsp3) is 0.438. The average molecular weight is 383 g/mol. The van der Waals surface area contributed by atoms with Crippen molar-refractivity contribution in [3.63, 3.8) is 0 Å². The molecule has 134 valence electrons. The molecule has 2 aromatic rings. The average Bonchev–Trinajstić information content (AvgIpc) is 3.22. The number of H-pyrrole nitrogens is 1. The maximum Gasteiger partial charge on any atom is 0.272 e. The molecular weight excluding hydrogens is 363 g/mol. The van der Waals surface area contributed by atoms with Crippen LogP contribution in [0.25, 0.3) is 0 Å². The van der Waals surface area contributed by atoms with Crippen molar-refractivity contribution in [1.29, 1.82) is 0 Å². The standard InChI is InChI=1S/C16H19ClN6O.ClH/c17-12-2-1-5-19-15(12)23-7-4-10(9-23)20-16(24)14-11-8-18-6-3-13(11)21-22-14;/h1-2,5,10,18H,3-4,6-9H2,(H,20,24)(H,21,22);1H. The quantitative estimate of drug-likeness (QED) is 0.749. The van der Waals surface area contributed by atoms with Crippen LogP contribution in [0.15, 0.2) is 18.3 Å². The lowest BCUT2D eigenvalue weighted by Gasteiger charge is -2.19. The van der Waals surface area contributed by atoms with Gasteiger partial charge in [0.05, 0.1) is 5.02 Å². The van der Waals surface area contributed by atoms with Gasteiger partial charge in [0, 0.05) is 56.1 Å². The molecule has 4 heterocycles. The Balaban J connectivity index is 0.00000182. The van der Waals surface area contributed by atoms with E-state index < -0.39 is 0 Å². The van der Waals surface area contributed by atoms with E-state index in [2.05, 4.69) is 30.7 Å². The van der Waals surface area contributed by atoms with E-state index in [1.165, 1.54) is 0 Å². The summed E-state index contributed by atoms with van der Waals surface area (Å²) in [5.74, 6) is 0.660. The van der Waals surface area contributed by atoms with Crippen LogP contribution in [0.2, 0.25) is 5.02 Å². The first-order valence-corrected chi connectivity index (χ1v) is 8.53. The molecule has 0 spiro atoms. The Morgan fingerprint density at radius 1 is 1.44 bits per heavy atom. The monoisotopic (exact) mass is 382 g/mol. The summed E-state index contributed by atoms with van der Waals surface area (Å²) in [7, 11) is 0. The van der Waals surface area contributed by atoms with Crippen LogP contribution in [0.5, 0.6) is 0 Å². The van der Waals surface area contributed by atoms with Gasteiger partial charge in [0.15, 0.2) is 5.69 Å².